The summed E-state index contributed by atoms with van der Waals surface area (Å²) in [6.07, 6.45) is 3.60. The van der Waals surface area contributed by atoms with Crippen LogP contribution in [0.1, 0.15) is 13.8 Å². The number of carboxylic acids is 1. The zero-order valence-electron chi connectivity index (χ0n) is 13.4. The Balaban J connectivity index is 0.000000447. The van der Waals surface area contributed by atoms with Crippen LogP contribution in [0.2, 0.25) is 0 Å². The molecule has 0 saturated carbocycles. The second kappa shape index (κ2) is 10.9. The second-order valence-corrected chi connectivity index (χ2v) is 4.91. The van der Waals surface area contributed by atoms with Crippen molar-refractivity contribution in [1.29, 1.82) is 0 Å². The number of nitrogens with zero attached hydrogens (tertiary/aromatic N) is 3. The maximum Gasteiger partial charge on any atom is 2.00 e. The van der Waals surface area contributed by atoms with Crippen LogP contribution in [0.4, 0.5) is 0 Å². The van der Waals surface area contributed by atoms with Gasteiger partial charge in [0.2, 0.25) is 0 Å². The van der Waals surface area contributed by atoms with E-state index in [9.17, 15) is 9.90 Å². The minimum absolute atomic E-state index is 0. The Morgan fingerprint density at radius 1 is 0.960 bits per heavy atom. The van der Waals surface area contributed by atoms with Gasteiger partial charge in [0.15, 0.2) is 0 Å². The minimum Gasteiger partial charge on any atom is -0.550 e. The van der Waals surface area contributed by atoms with E-state index in [-0.39, 0.29) is 23.0 Å². The van der Waals surface area contributed by atoms with Gasteiger partial charge >= 0.3 is 17.1 Å². The first kappa shape index (κ1) is 22.2. The number of pyridine rings is 2. The van der Waals surface area contributed by atoms with Crippen molar-refractivity contribution >= 4 is 27.8 Å². The average Bonchev–Trinajstić information content (AvgIpc) is 2.55. The van der Waals surface area contributed by atoms with Gasteiger partial charge in [0.05, 0.1) is 16.1 Å². The number of hydrogen-bond donors (Lipinski definition) is 0. The van der Waals surface area contributed by atoms with Gasteiger partial charge in [0.25, 0.3) is 0 Å². The van der Waals surface area contributed by atoms with Crippen LogP contribution in [-0.4, -0.2) is 21.0 Å². The molecule has 0 aliphatic heterocycles. The van der Waals surface area contributed by atoms with Crippen molar-refractivity contribution in [2.75, 3.05) is 0 Å². The predicted molar refractivity (Wildman–Crippen MR) is 87.3 cm³/mol. The molecule has 0 N–H and O–H groups in total. The summed E-state index contributed by atoms with van der Waals surface area (Å²) < 4.78 is 0. The molecule has 0 aliphatic rings. The monoisotopic (exact) mass is 392 g/mol. The van der Waals surface area contributed by atoms with Crippen LogP contribution in [0.15, 0.2) is 48.8 Å². The molecule has 0 amide bonds. The first-order chi connectivity index (χ1) is 11.3. The minimum atomic E-state index is -1.75. The molecular weight excluding hydrogens is 378 g/mol. The molecule has 0 bridgehead atoms. The summed E-state index contributed by atoms with van der Waals surface area (Å²) in [5.74, 6) is -1.33. The van der Waals surface area contributed by atoms with Gasteiger partial charge in [-0.25, -0.2) is 0 Å². The Bertz CT molecular complexity index is 783. The van der Waals surface area contributed by atoms with Crippen molar-refractivity contribution in [3.8, 4) is 0 Å². The van der Waals surface area contributed by atoms with Crippen molar-refractivity contribution in [1.82, 2.24) is 9.97 Å². The molecule has 2 heterocycles. The standard InChI is InChI=1S/C12H8N2.C4H8O2.Cu.NO3/c1-3-9-5-6-10-4-2-8-14-12(10)11(9)13-7-1;1-3(2)4(5)6;;2-1(3)4/h1-8H;3H,1-2H3,(H,5,6);;/q;;+2;-1/p-1. The molecule has 2 aromatic heterocycles. The number of aromatic nitrogens is 2. The Morgan fingerprint density at radius 2 is 1.28 bits per heavy atom. The van der Waals surface area contributed by atoms with E-state index in [0.717, 1.165) is 21.8 Å². The molecule has 135 valence electrons. The summed E-state index contributed by atoms with van der Waals surface area (Å²) in [6.45, 7) is 3.16. The number of carbonyl (C=O) groups is 1. The second-order valence-electron chi connectivity index (χ2n) is 4.91. The molecule has 0 atom stereocenters. The summed E-state index contributed by atoms with van der Waals surface area (Å²) in [5, 5.41) is 26.6. The van der Waals surface area contributed by atoms with Gasteiger partial charge in [-0.15, -0.1) is 0 Å². The van der Waals surface area contributed by atoms with Crippen LogP contribution in [0.25, 0.3) is 21.8 Å². The summed E-state index contributed by atoms with van der Waals surface area (Å²) in [4.78, 5) is 26.5. The van der Waals surface area contributed by atoms with Crippen molar-refractivity contribution in [2.24, 2.45) is 5.92 Å². The third-order valence-electron chi connectivity index (χ3n) is 2.82. The van der Waals surface area contributed by atoms with Crippen molar-refractivity contribution < 1.29 is 32.1 Å². The molecule has 3 rings (SSSR count). The van der Waals surface area contributed by atoms with Gasteiger partial charge in [-0.3, -0.25) is 9.97 Å². The maximum absolute atomic E-state index is 9.59. The molecule has 0 spiro atoms. The fourth-order valence-corrected chi connectivity index (χ4v) is 1.68. The number of carboxylic acid groups (broad SMARTS) is 1. The van der Waals surface area contributed by atoms with E-state index in [4.69, 9.17) is 15.3 Å². The van der Waals surface area contributed by atoms with E-state index in [1.807, 2.05) is 12.1 Å². The van der Waals surface area contributed by atoms with Gasteiger partial charge in [-0.2, -0.15) is 0 Å². The van der Waals surface area contributed by atoms with Crippen LogP contribution >= 0.6 is 0 Å². The molecule has 0 saturated heterocycles. The molecule has 1 aromatic carbocycles. The fourth-order valence-electron chi connectivity index (χ4n) is 1.68. The topological polar surface area (TPSA) is 132 Å². The van der Waals surface area contributed by atoms with Crippen LogP contribution < -0.4 is 5.11 Å². The smallest absolute Gasteiger partial charge is 0.550 e. The zero-order valence-corrected chi connectivity index (χ0v) is 14.3. The first-order valence-corrected chi connectivity index (χ1v) is 6.93. The summed E-state index contributed by atoms with van der Waals surface area (Å²) >= 11 is 0. The Hall–Kier alpha value is -2.77. The normalized spacial score (nSPS) is 9.24. The number of aliphatic carboxylic acids is 1. The number of rotatable bonds is 1. The van der Waals surface area contributed by atoms with Crippen LogP contribution in [-0.2, 0) is 21.9 Å². The third kappa shape index (κ3) is 7.56. The zero-order chi connectivity index (χ0) is 18.1. The molecular formula is C16H15CuN3O5. The number of hydrogen-bond acceptors (Lipinski definition) is 7. The molecule has 0 aliphatic carbocycles. The van der Waals surface area contributed by atoms with Crippen molar-refractivity contribution in [3.05, 3.63) is 64.1 Å². The summed E-state index contributed by atoms with van der Waals surface area (Å²) in [7, 11) is 0. The fraction of sp³-hybridized carbons (Fsp3) is 0.188. The van der Waals surface area contributed by atoms with Crippen molar-refractivity contribution in [3.63, 3.8) is 0 Å². The quantitative estimate of drug-likeness (QED) is 0.267. The number of carbonyl (C=O) groups excluding carboxylic acids is 1. The van der Waals surface area contributed by atoms with Gasteiger partial charge < -0.3 is 25.2 Å². The average molecular weight is 393 g/mol. The molecule has 0 fully saturated rings. The van der Waals surface area contributed by atoms with Crippen molar-refractivity contribution in [2.45, 2.75) is 13.8 Å². The predicted octanol–water partition coefficient (Wildman–Crippen LogP) is 1.93. The van der Waals surface area contributed by atoms with E-state index in [1.165, 1.54) is 0 Å². The Morgan fingerprint density at radius 3 is 1.56 bits per heavy atom. The number of fused-ring (bicyclic) bond motifs is 3. The number of benzene rings is 1. The van der Waals surface area contributed by atoms with E-state index in [2.05, 4.69) is 34.2 Å². The first-order valence-electron chi connectivity index (χ1n) is 6.93. The van der Waals surface area contributed by atoms with Gasteiger partial charge in [-0.05, 0) is 18.1 Å². The Labute approximate surface area is 154 Å². The van der Waals surface area contributed by atoms with Gasteiger partial charge in [0, 0.05) is 29.1 Å². The molecule has 9 heteroatoms. The van der Waals surface area contributed by atoms with E-state index >= 15 is 0 Å². The van der Waals surface area contributed by atoms with Crippen LogP contribution in [0.5, 0.6) is 0 Å². The largest absolute Gasteiger partial charge is 2.00 e. The van der Waals surface area contributed by atoms with E-state index in [0.29, 0.717) is 0 Å². The van der Waals surface area contributed by atoms with Crippen LogP contribution in [0, 0.1) is 21.2 Å². The molecule has 8 nitrogen and oxygen atoms in total. The molecule has 1 radical (unpaired) electrons. The van der Waals surface area contributed by atoms with Gasteiger partial charge in [0.1, 0.15) is 0 Å². The molecule has 25 heavy (non-hydrogen) atoms. The SMILES string of the molecule is CC(C)C(=O)[O-].O=[N+]([O-])[O-].[Cu+2].c1cnc2c(c1)ccc1cccnc12. The third-order valence-corrected chi connectivity index (χ3v) is 2.82. The summed E-state index contributed by atoms with van der Waals surface area (Å²) in [6, 6.07) is 12.1. The van der Waals surface area contributed by atoms with E-state index < -0.39 is 11.1 Å². The maximum atomic E-state index is 9.59. The van der Waals surface area contributed by atoms with Gasteiger partial charge in [-0.1, -0.05) is 38.1 Å². The van der Waals surface area contributed by atoms with E-state index in [1.54, 1.807) is 26.2 Å². The molecule has 3 aromatic rings. The Kier molecular flexibility index (Phi) is 9.69. The molecule has 0 unspecified atom stereocenters. The van der Waals surface area contributed by atoms with Crippen LogP contribution in [0.3, 0.4) is 0 Å². The summed E-state index contributed by atoms with van der Waals surface area (Å²) in [5.41, 5.74) is 1.95.